The van der Waals surface area contributed by atoms with Crippen LogP contribution < -0.4 is 10.1 Å². The van der Waals surface area contributed by atoms with Gasteiger partial charge in [-0.05, 0) is 88.3 Å². The van der Waals surface area contributed by atoms with Crippen LogP contribution in [0.25, 0.3) is 0 Å². The van der Waals surface area contributed by atoms with Gasteiger partial charge in [-0.2, -0.15) is 0 Å². The molecule has 1 unspecified atom stereocenters. The van der Waals surface area contributed by atoms with Crippen molar-refractivity contribution < 1.29 is 14.3 Å². The number of hydrogen-bond donors (Lipinski definition) is 1. The molecule has 1 spiro atoms. The van der Waals surface area contributed by atoms with Crippen LogP contribution >= 0.6 is 0 Å². The van der Waals surface area contributed by atoms with E-state index in [1.165, 1.54) is 24.8 Å². The Labute approximate surface area is 151 Å². The summed E-state index contributed by atoms with van der Waals surface area (Å²) in [5.74, 6) is 1.71. The zero-order valence-electron chi connectivity index (χ0n) is 15.9. The SMILES string of the molecule is COc1ccc(CC2CC23CCC(NC(=O)OC(C)(C)C)CC3)cc1. The van der Waals surface area contributed by atoms with E-state index in [0.717, 1.165) is 30.9 Å². The van der Waals surface area contributed by atoms with Gasteiger partial charge in [0.2, 0.25) is 0 Å². The molecule has 1 N–H and O–H groups in total. The topological polar surface area (TPSA) is 47.6 Å². The van der Waals surface area contributed by atoms with E-state index in [4.69, 9.17) is 9.47 Å². The lowest BCUT2D eigenvalue weighted by atomic mass is 9.81. The lowest BCUT2D eigenvalue weighted by Gasteiger charge is -2.31. The van der Waals surface area contributed by atoms with Crippen molar-refractivity contribution in [3.63, 3.8) is 0 Å². The van der Waals surface area contributed by atoms with E-state index in [1.54, 1.807) is 7.11 Å². The van der Waals surface area contributed by atoms with E-state index in [-0.39, 0.29) is 12.1 Å². The number of carbonyl (C=O) groups excluding carboxylic acids is 1. The van der Waals surface area contributed by atoms with Gasteiger partial charge in [0, 0.05) is 6.04 Å². The minimum atomic E-state index is -0.431. The van der Waals surface area contributed by atoms with Crippen molar-refractivity contribution in [1.29, 1.82) is 0 Å². The highest BCUT2D eigenvalue weighted by Crippen LogP contribution is 2.62. The van der Waals surface area contributed by atoms with Crippen molar-refractivity contribution in [1.82, 2.24) is 5.32 Å². The average molecular weight is 345 g/mol. The molecule has 138 valence electrons. The van der Waals surface area contributed by atoms with Gasteiger partial charge in [-0.3, -0.25) is 0 Å². The predicted octanol–water partition coefficient (Wildman–Crippen LogP) is 4.71. The molecule has 4 nitrogen and oxygen atoms in total. The van der Waals surface area contributed by atoms with Crippen LogP contribution in [0.5, 0.6) is 5.75 Å². The van der Waals surface area contributed by atoms with Gasteiger partial charge in [-0.15, -0.1) is 0 Å². The van der Waals surface area contributed by atoms with Gasteiger partial charge in [0.1, 0.15) is 11.4 Å². The summed E-state index contributed by atoms with van der Waals surface area (Å²) in [7, 11) is 1.70. The van der Waals surface area contributed by atoms with Crippen LogP contribution in [0.2, 0.25) is 0 Å². The summed E-state index contributed by atoms with van der Waals surface area (Å²) in [5, 5.41) is 3.04. The molecule has 0 bridgehead atoms. The minimum Gasteiger partial charge on any atom is -0.497 e. The van der Waals surface area contributed by atoms with Crippen LogP contribution in [-0.2, 0) is 11.2 Å². The fraction of sp³-hybridized carbons (Fsp3) is 0.667. The zero-order valence-corrected chi connectivity index (χ0v) is 15.9. The smallest absolute Gasteiger partial charge is 0.407 e. The lowest BCUT2D eigenvalue weighted by Crippen LogP contribution is -2.41. The number of amides is 1. The quantitative estimate of drug-likeness (QED) is 0.859. The standard InChI is InChI=1S/C21H31NO3/c1-20(2,3)25-19(23)22-17-9-11-21(12-10-17)14-16(21)13-15-5-7-18(24-4)8-6-15/h5-8,16-17H,9-14H2,1-4H3,(H,22,23). The van der Waals surface area contributed by atoms with Crippen LogP contribution in [-0.4, -0.2) is 24.8 Å². The third-order valence-electron chi connectivity index (χ3n) is 5.70. The second-order valence-electron chi connectivity index (χ2n) is 8.74. The largest absolute Gasteiger partial charge is 0.497 e. The maximum atomic E-state index is 11.9. The molecular weight excluding hydrogens is 314 g/mol. The second-order valence-corrected chi connectivity index (χ2v) is 8.74. The van der Waals surface area contributed by atoms with Gasteiger partial charge >= 0.3 is 6.09 Å². The number of ether oxygens (including phenoxy) is 2. The molecule has 1 atom stereocenters. The van der Waals surface area contributed by atoms with Crippen molar-refractivity contribution >= 4 is 6.09 Å². The monoisotopic (exact) mass is 345 g/mol. The molecule has 0 aliphatic heterocycles. The average Bonchev–Trinajstić information content (AvgIpc) is 3.20. The van der Waals surface area contributed by atoms with Gasteiger partial charge in [-0.1, -0.05) is 12.1 Å². The highest BCUT2D eigenvalue weighted by atomic mass is 16.6. The van der Waals surface area contributed by atoms with E-state index in [1.807, 2.05) is 32.9 Å². The normalized spacial score (nSPS) is 28.5. The predicted molar refractivity (Wildman–Crippen MR) is 98.9 cm³/mol. The van der Waals surface area contributed by atoms with Gasteiger partial charge < -0.3 is 14.8 Å². The van der Waals surface area contributed by atoms with Crippen LogP contribution in [0.3, 0.4) is 0 Å². The number of nitrogens with one attached hydrogen (secondary N) is 1. The molecule has 2 aliphatic rings. The maximum absolute atomic E-state index is 11.9. The fourth-order valence-corrected chi connectivity index (χ4v) is 4.19. The molecule has 2 saturated carbocycles. The summed E-state index contributed by atoms with van der Waals surface area (Å²) in [4.78, 5) is 11.9. The Balaban J connectivity index is 1.44. The van der Waals surface area contributed by atoms with Crippen molar-refractivity contribution in [2.75, 3.05) is 7.11 Å². The Kier molecular flexibility index (Phi) is 4.99. The first-order valence-corrected chi connectivity index (χ1v) is 9.42. The number of methoxy groups -OCH3 is 1. The summed E-state index contributed by atoms with van der Waals surface area (Å²) >= 11 is 0. The number of alkyl carbamates (subject to hydrolysis) is 1. The highest BCUT2D eigenvalue weighted by Gasteiger charge is 2.54. The Morgan fingerprint density at radius 2 is 1.84 bits per heavy atom. The van der Waals surface area contributed by atoms with Crippen molar-refractivity contribution in [3.8, 4) is 5.75 Å². The van der Waals surface area contributed by atoms with Crippen molar-refractivity contribution in [2.45, 2.75) is 70.9 Å². The third-order valence-corrected chi connectivity index (χ3v) is 5.70. The summed E-state index contributed by atoms with van der Waals surface area (Å²) in [5.41, 5.74) is 1.49. The summed E-state index contributed by atoms with van der Waals surface area (Å²) in [6, 6.07) is 8.72. The molecule has 0 saturated heterocycles. The fourth-order valence-electron chi connectivity index (χ4n) is 4.19. The lowest BCUT2D eigenvalue weighted by molar-refractivity contribution is 0.0483. The summed E-state index contributed by atoms with van der Waals surface area (Å²) < 4.78 is 10.6. The van der Waals surface area contributed by atoms with E-state index in [2.05, 4.69) is 17.4 Å². The molecule has 0 heterocycles. The van der Waals surface area contributed by atoms with Gasteiger partial charge in [0.15, 0.2) is 0 Å². The number of rotatable bonds is 4. The molecule has 3 rings (SSSR count). The molecule has 1 aromatic rings. The second kappa shape index (κ2) is 6.89. The van der Waals surface area contributed by atoms with E-state index in [0.29, 0.717) is 5.41 Å². The van der Waals surface area contributed by atoms with Crippen LogP contribution in [0, 0.1) is 11.3 Å². The van der Waals surface area contributed by atoms with Crippen LogP contribution in [0.4, 0.5) is 4.79 Å². The molecule has 1 amide bonds. The highest BCUT2D eigenvalue weighted by molar-refractivity contribution is 5.68. The molecule has 4 heteroatoms. The third kappa shape index (κ3) is 4.68. The molecular formula is C21H31NO3. The van der Waals surface area contributed by atoms with Gasteiger partial charge in [-0.25, -0.2) is 4.79 Å². The first kappa shape index (κ1) is 18.1. The minimum absolute atomic E-state index is 0.266. The number of carbonyl (C=O) groups is 1. The zero-order chi connectivity index (χ0) is 18.1. The van der Waals surface area contributed by atoms with Crippen molar-refractivity contribution in [3.05, 3.63) is 29.8 Å². The number of hydrogen-bond acceptors (Lipinski definition) is 3. The molecule has 0 radical (unpaired) electrons. The summed E-state index contributed by atoms with van der Waals surface area (Å²) in [6.07, 6.45) is 6.78. The van der Waals surface area contributed by atoms with E-state index >= 15 is 0 Å². The Morgan fingerprint density at radius 3 is 2.40 bits per heavy atom. The van der Waals surface area contributed by atoms with E-state index in [9.17, 15) is 4.79 Å². The molecule has 25 heavy (non-hydrogen) atoms. The van der Waals surface area contributed by atoms with Crippen molar-refractivity contribution in [2.24, 2.45) is 11.3 Å². The van der Waals surface area contributed by atoms with Crippen LogP contribution in [0.1, 0.15) is 58.4 Å². The first-order chi connectivity index (χ1) is 11.8. The first-order valence-electron chi connectivity index (χ1n) is 9.42. The maximum Gasteiger partial charge on any atom is 0.407 e. The van der Waals surface area contributed by atoms with Gasteiger partial charge in [0.25, 0.3) is 0 Å². The van der Waals surface area contributed by atoms with Crippen LogP contribution in [0.15, 0.2) is 24.3 Å². The molecule has 1 aromatic carbocycles. The van der Waals surface area contributed by atoms with E-state index < -0.39 is 5.60 Å². The molecule has 2 aliphatic carbocycles. The number of benzene rings is 1. The summed E-state index contributed by atoms with van der Waals surface area (Å²) in [6.45, 7) is 5.70. The Hall–Kier alpha value is -1.71. The van der Waals surface area contributed by atoms with Gasteiger partial charge in [0.05, 0.1) is 7.11 Å². The molecule has 2 fully saturated rings. The molecule has 0 aromatic heterocycles. The Morgan fingerprint density at radius 1 is 1.20 bits per heavy atom. The Bertz CT molecular complexity index is 595.